The quantitative estimate of drug-likeness (QED) is 0.778. The summed E-state index contributed by atoms with van der Waals surface area (Å²) < 4.78 is 5.63. The summed E-state index contributed by atoms with van der Waals surface area (Å²) in [6.07, 6.45) is 4.44. The maximum Gasteiger partial charge on any atom is 0.0976 e. The highest BCUT2D eigenvalue weighted by molar-refractivity contribution is 5.15. The van der Waals surface area contributed by atoms with Crippen molar-refractivity contribution in [2.24, 2.45) is 5.73 Å². The first-order valence-corrected chi connectivity index (χ1v) is 5.06. The first kappa shape index (κ1) is 11.1. The number of hydrogen-bond donors (Lipinski definition) is 1. The molecule has 3 nitrogen and oxygen atoms in total. The zero-order chi connectivity index (χ0) is 10.4. The Morgan fingerprint density at radius 3 is 2.50 bits per heavy atom. The second-order valence-electron chi connectivity index (χ2n) is 3.23. The van der Waals surface area contributed by atoms with E-state index in [1.54, 1.807) is 12.4 Å². The molecule has 0 bridgehead atoms. The monoisotopic (exact) mass is 194 g/mol. The second kappa shape index (κ2) is 5.73. The van der Waals surface area contributed by atoms with Crippen LogP contribution in [0.4, 0.5) is 0 Å². The Morgan fingerprint density at radius 1 is 1.36 bits per heavy atom. The summed E-state index contributed by atoms with van der Waals surface area (Å²) in [5, 5.41) is 0. The largest absolute Gasteiger partial charge is 0.372 e. The lowest BCUT2D eigenvalue weighted by Crippen LogP contribution is -2.29. The molecule has 0 amide bonds. The van der Waals surface area contributed by atoms with Gasteiger partial charge in [0.05, 0.1) is 6.10 Å². The van der Waals surface area contributed by atoms with Crippen LogP contribution in [-0.4, -0.2) is 17.6 Å². The lowest BCUT2D eigenvalue weighted by atomic mass is 10.0. The van der Waals surface area contributed by atoms with Crippen molar-refractivity contribution in [2.45, 2.75) is 32.4 Å². The van der Waals surface area contributed by atoms with Gasteiger partial charge in [-0.2, -0.15) is 0 Å². The molecule has 3 heteroatoms. The summed E-state index contributed by atoms with van der Waals surface area (Å²) in [6.45, 7) is 4.73. The molecule has 78 valence electrons. The van der Waals surface area contributed by atoms with Gasteiger partial charge in [0.2, 0.25) is 0 Å². The standard InChI is InChI=1S/C11H18N2O/c1-3-10(12)11(14-4-2)9-5-7-13-8-6-9/h5-8,10-11H,3-4,12H2,1-2H3. The fourth-order valence-electron chi connectivity index (χ4n) is 1.41. The van der Waals surface area contributed by atoms with Crippen molar-refractivity contribution >= 4 is 0 Å². The molecular weight excluding hydrogens is 176 g/mol. The molecule has 1 aromatic rings. The van der Waals surface area contributed by atoms with E-state index in [1.807, 2.05) is 19.1 Å². The van der Waals surface area contributed by atoms with Crippen LogP contribution >= 0.6 is 0 Å². The molecule has 0 aliphatic heterocycles. The van der Waals surface area contributed by atoms with Gasteiger partial charge in [-0.05, 0) is 31.0 Å². The average Bonchev–Trinajstić information content (AvgIpc) is 2.26. The molecule has 0 saturated heterocycles. The molecule has 0 radical (unpaired) electrons. The summed E-state index contributed by atoms with van der Waals surface area (Å²) in [5.41, 5.74) is 7.10. The van der Waals surface area contributed by atoms with Gasteiger partial charge >= 0.3 is 0 Å². The molecular formula is C11H18N2O. The Balaban J connectivity index is 2.77. The minimum atomic E-state index is -0.00648. The van der Waals surface area contributed by atoms with Gasteiger partial charge in [0.15, 0.2) is 0 Å². The maximum absolute atomic E-state index is 5.99. The van der Waals surface area contributed by atoms with E-state index in [-0.39, 0.29) is 12.1 Å². The third-order valence-corrected chi connectivity index (χ3v) is 2.24. The predicted molar refractivity (Wildman–Crippen MR) is 56.9 cm³/mol. The normalized spacial score (nSPS) is 15.1. The zero-order valence-corrected chi connectivity index (χ0v) is 8.81. The van der Waals surface area contributed by atoms with E-state index in [2.05, 4.69) is 11.9 Å². The Hall–Kier alpha value is -0.930. The lowest BCUT2D eigenvalue weighted by molar-refractivity contribution is 0.0423. The Bertz CT molecular complexity index is 251. The molecule has 2 atom stereocenters. The number of pyridine rings is 1. The first-order chi connectivity index (χ1) is 6.79. The number of aromatic nitrogens is 1. The van der Waals surface area contributed by atoms with Gasteiger partial charge in [-0.3, -0.25) is 4.98 Å². The van der Waals surface area contributed by atoms with E-state index < -0.39 is 0 Å². The highest BCUT2D eigenvalue weighted by Gasteiger charge is 2.17. The SMILES string of the molecule is CCOC(c1ccncc1)C(N)CC. The van der Waals surface area contributed by atoms with Crippen molar-refractivity contribution in [1.29, 1.82) is 0 Å². The minimum absolute atomic E-state index is 0.00648. The average molecular weight is 194 g/mol. The Morgan fingerprint density at radius 2 is 2.00 bits per heavy atom. The third-order valence-electron chi connectivity index (χ3n) is 2.24. The number of nitrogens with two attached hydrogens (primary N) is 1. The van der Waals surface area contributed by atoms with Gasteiger partial charge < -0.3 is 10.5 Å². The number of ether oxygens (including phenoxy) is 1. The van der Waals surface area contributed by atoms with Crippen molar-refractivity contribution in [1.82, 2.24) is 4.98 Å². The van der Waals surface area contributed by atoms with Crippen molar-refractivity contribution in [3.63, 3.8) is 0 Å². The molecule has 0 spiro atoms. The van der Waals surface area contributed by atoms with Gasteiger partial charge in [-0.1, -0.05) is 6.92 Å². The van der Waals surface area contributed by atoms with Gasteiger partial charge in [-0.15, -0.1) is 0 Å². The molecule has 1 rings (SSSR count). The minimum Gasteiger partial charge on any atom is -0.372 e. The smallest absolute Gasteiger partial charge is 0.0976 e. The molecule has 0 aliphatic carbocycles. The summed E-state index contributed by atoms with van der Waals surface area (Å²) in [4.78, 5) is 3.98. The van der Waals surface area contributed by atoms with E-state index in [0.717, 1.165) is 12.0 Å². The fraction of sp³-hybridized carbons (Fsp3) is 0.545. The van der Waals surface area contributed by atoms with E-state index in [0.29, 0.717) is 6.61 Å². The summed E-state index contributed by atoms with van der Waals surface area (Å²) in [6, 6.07) is 3.96. The zero-order valence-electron chi connectivity index (χ0n) is 8.81. The van der Waals surface area contributed by atoms with Crippen LogP contribution in [0.1, 0.15) is 31.9 Å². The molecule has 0 fully saturated rings. The molecule has 1 aromatic heterocycles. The molecule has 0 saturated carbocycles. The number of nitrogens with zero attached hydrogens (tertiary/aromatic N) is 1. The molecule has 1 heterocycles. The van der Waals surface area contributed by atoms with E-state index in [9.17, 15) is 0 Å². The highest BCUT2D eigenvalue weighted by Crippen LogP contribution is 2.20. The molecule has 2 unspecified atom stereocenters. The van der Waals surface area contributed by atoms with Crippen LogP contribution in [0.2, 0.25) is 0 Å². The fourth-order valence-corrected chi connectivity index (χ4v) is 1.41. The summed E-state index contributed by atoms with van der Waals surface area (Å²) in [5.74, 6) is 0. The van der Waals surface area contributed by atoms with Crippen molar-refractivity contribution < 1.29 is 4.74 Å². The van der Waals surface area contributed by atoms with Crippen LogP contribution in [0, 0.1) is 0 Å². The van der Waals surface area contributed by atoms with Crippen LogP contribution in [0.25, 0.3) is 0 Å². The van der Waals surface area contributed by atoms with Crippen molar-refractivity contribution in [3.05, 3.63) is 30.1 Å². The van der Waals surface area contributed by atoms with Gasteiger partial charge in [-0.25, -0.2) is 0 Å². The van der Waals surface area contributed by atoms with Gasteiger partial charge in [0.1, 0.15) is 0 Å². The summed E-state index contributed by atoms with van der Waals surface area (Å²) >= 11 is 0. The van der Waals surface area contributed by atoms with Gasteiger partial charge in [0, 0.05) is 25.0 Å². The topological polar surface area (TPSA) is 48.1 Å². The highest BCUT2D eigenvalue weighted by atomic mass is 16.5. The predicted octanol–water partition coefficient (Wildman–Crippen LogP) is 1.90. The Labute approximate surface area is 85.3 Å². The van der Waals surface area contributed by atoms with E-state index in [1.165, 1.54) is 0 Å². The maximum atomic E-state index is 5.99. The second-order valence-corrected chi connectivity index (χ2v) is 3.23. The lowest BCUT2D eigenvalue weighted by Gasteiger charge is -2.22. The Kier molecular flexibility index (Phi) is 4.56. The van der Waals surface area contributed by atoms with Gasteiger partial charge in [0.25, 0.3) is 0 Å². The number of rotatable bonds is 5. The molecule has 0 aromatic carbocycles. The van der Waals surface area contributed by atoms with Crippen LogP contribution in [-0.2, 0) is 4.74 Å². The van der Waals surface area contributed by atoms with Crippen LogP contribution in [0.15, 0.2) is 24.5 Å². The molecule has 2 N–H and O–H groups in total. The van der Waals surface area contributed by atoms with Crippen LogP contribution in [0.3, 0.4) is 0 Å². The van der Waals surface area contributed by atoms with E-state index in [4.69, 9.17) is 10.5 Å². The van der Waals surface area contributed by atoms with E-state index >= 15 is 0 Å². The van der Waals surface area contributed by atoms with Crippen molar-refractivity contribution in [2.75, 3.05) is 6.61 Å². The van der Waals surface area contributed by atoms with Crippen LogP contribution < -0.4 is 5.73 Å². The molecule has 0 aliphatic rings. The molecule has 14 heavy (non-hydrogen) atoms. The first-order valence-electron chi connectivity index (χ1n) is 5.06. The van der Waals surface area contributed by atoms with Crippen molar-refractivity contribution in [3.8, 4) is 0 Å². The summed E-state index contributed by atoms with van der Waals surface area (Å²) in [7, 11) is 0. The van der Waals surface area contributed by atoms with Crippen LogP contribution in [0.5, 0.6) is 0 Å². The number of hydrogen-bond acceptors (Lipinski definition) is 3. The third kappa shape index (κ3) is 2.79.